The van der Waals surface area contributed by atoms with E-state index in [9.17, 15) is 14.4 Å². The van der Waals surface area contributed by atoms with E-state index in [0.29, 0.717) is 43.4 Å². The second kappa shape index (κ2) is 9.61. The Hall–Kier alpha value is -2.72. The van der Waals surface area contributed by atoms with Gasteiger partial charge in [0.05, 0.1) is 19.3 Å². The fourth-order valence-corrected chi connectivity index (χ4v) is 4.88. The number of ether oxygens (including phenoxy) is 1. The van der Waals surface area contributed by atoms with E-state index in [0.717, 1.165) is 0 Å². The van der Waals surface area contributed by atoms with Gasteiger partial charge in [-0.15, -0.1) is 0 Å². The SMILES string of the molecule is C[C@H](NC(=O)C(C[Si](C)(C)C)NC(=O)N1CCOCC1)C(=O)c1nc2ccccc2o1. The zero-order valence-electron chi connectivity index (χ0n) is 18.4. The lowest BCUT2D eigenvalue weighted by molar-refractivity contribution is -0.123. The number of urea groups is 1. The Morgan fingerprint density at radius 2 is 1.81 bits per heavy atom. The maximum absolute atomic E-state index is 13.0. The van der Waals surface area contributed by atoms with Crippen molar-refractivity contribution in [3.63, 3.8) is 0 Å². The van der Waals surface area contributed by atoms with E-state index < -0.39 is 25.9 Å². The highest BCUT2D eigenvalue weighted by Gasteiger charge is 2.32. The Balaban J connectivity index is 1.67. The van der Waals surface area contributed by atoms with Crippen molar-refractivity contribution in [2.24, 2.45) is 0 Å². The molecule has 9 nitrogen and oxygen atoms in total. The van der Waals surface area contributed by atoms with Crippen LogP contribution in [-0.2, 0) is 9.53 Å². The van der Waals surface area contributed by atoms with Gasteiger partial charge in [0.1, 0.15) is 11.6 Å². The third-order valence-corrected chi connectivity index (χ3v) is 6.62. The highest BCUT2D eigenvalue weighted by Crippen LogP contribution is 2.17. The number of nitrogens with zero attached hydrogens (tertiary/aromatic N) is 2. The molecule has 2 aromatic rings. The van der Waals surface area contributed by atoms with Gasteiger partial charge in [-0.25, -0.2) is 9.78 Å². The standard InChI is InChI=1S/C21H30N4O5Si/c1-14(18(26)20-23-15-7-5-6-8-17(15)30-20)22-19(27)16(13-31(2,3)4)24-21(28)25-9-11-29-12-10-25/h5-8,14,16H,9-13H2,1-4H3,(H,22,27)(H,24,28)/t14-,16?/m0/s1. The summed E-state index contributed by atoms with van der Waals surface area (Å²) in [6, 6.07) is 5.79. The highest BCUT2D eigenvalue weighted by molar-refractivity contribution is 6.76. The molecule has 1 aromatic heterocycles. The third-order valence-electron chi connectivity index (χ3n) is 4.99. The molecular weight excluding hydrogens is 416 g/mol. The first-order valence-electron chi connectivity index (χ1n) is 10.5. The third kappa shape index (κ3) is 6.14. The van der Waals surface area contributed by atoms with E-state index in [1.54, 1.807) is 30.0 Å². The Morgan fingerprint density at radius 1 is 1.13 bits per heavy atom. The van der Waals surface area contributed by atoms with E-state index in [1.807, 2.05) is 6.07 Å². The molecule has 1 aromatic carbocycles. The number of carbonyl (C=O) groups excluding carboxylic acids is 3. The molecule has 0 aliphatic carbocycles. The van der Waals surface area contributed by atoms with Gasteiger partial charge in [-0.05, 0) is 25.1 Å². The average Bonchev–Trinajstić information content (AvgIpc) is 3.16. The monoisotopic (exact) mass is 446 g/mol. The normalized spacial score (nSPS) is 16.6. The summed E-state index contributed by atoms with van der Waals surface area (Å²) >= 11 is 0. The number of para-hydroxylation sites is 2. The Bertz CT molecular complexity index is 916. The first-order valence-corrected chi connectivity index (χ1v) is 14.2. The summed E-state index contributed by atoms with van der Waals surface area (Å²) in [6.07, 6.45) is 0. The van der Waals surface area contributed by atoms with E-state index >= 15 is 0 Å². The minimum absolute atomic E-state index is 0.0481. The largest absolute Gasteiger partial charge is 0.434 e. The van der Waals surface area contributed by atoms with Crippen molar-refractivity contribution in [2.45, 2.75) is 44.7 Å². The average molecular weight is 447 g/mol. The lowest BCUT2D eigenvalue weighted by Gasteiger charge is -2.31. The van der Waals surface area contributed by atoms with Crippen LogP contribution in [0.5, 0.6) is 0 Å². The molecule has 1 unspecified atom stereocenters. The Morgan fingerprint density at radius 3 is 2.45 bits per heavy atom. The van der Waals surface area contributed by atoms with Crippen LogP contribution in [0.15, 0.2) is 28.7 Å². The number of rotatable bonds is 7. The molecule has 2 N–H and O–H groups in total. The predicted octanol–water partition coefficient (Wildman–Crippen LogP) is 2.26. The van der Waals surface area contributed by atoms with E-state index in [2.05, 4.69) is 35.3 Å². The highest BCUT2D eigenvalue weighted by atomic mass is 28.3. The smallest absolute Gasteiger partial charge is 0.318 e. The van der Waals surface area contributed by atoms with Crippen LogP contribution in [-0.4, -0.2) is 74.1 Å². The summed E-state index contributed by atoms with van der Waals surface area (Å²) in [7, 11) is -1.70. The summed E-state index contributed by atoms with van der Waals surface area (Å²) in [5, 5.41) is 5.58. The van der Waals surface area contributed by atoms with Gasteiger partial charge in [-0.2, -0.15) is 0 Å². The van der Waals surface area contributed by atoms with Gasteiger partial charge in [0.2, 0.25) is 11.7 Å². The van der Waals surface area contributed by atoms with Gasteiger partial charge in [-0.1, -0.05) is 31.8 Å². The number of amides is 3. The number of Topliss-reactive ketones (excluding diaryl/α,β-unsaturated/α-hetero) is 1. The number of hydrogen-bond donors (Lipinski definition) is 2. The van der Waals surface area contributed by atoms with Crippen molar-refractivity contribution in [3.05, 3.63) is 30.2 Å². The van der Waals surface area contributed by atoms with Gasteiger partial charge in [-0.3, -0.25) is 9.59 Å². The van der Waals surface area contributed by atoms with Crippen molar-refractivity contribution in [3.8, 4) is 0 Å². The number of ketones is 1. The van der Waals surface area contributed by atoms with Crippen molar-refractivity contribution >= 4 is 36.9 Å². The van der Waals surface area contributed by atoms with Gasteiger partial charge in [0, 0.05) is 21.2 Å². The van der Waals surface area contributed by atoms with Crippen LogP contribution in [0.1, 0.15) is 17.6 Å². The quantitative estimate of drug-likeness (QED) is 0.498. The molecule has 0 bridgehead atoms. The van der Waals surface area contributed by atoms with Gasteiger partial charge in [0.15, 0.2) is 5.58 Å². The van der Waals surface area contributed by atoms with E-state index in [1.165, 1.54) is 0 Å². The van der Waals surface area contributed by atoms with Crippen LogP contribution in [0, 0.1) is 0 Å². The number of carbonyl (C=O) groups is 3. The van der Waals surface area contributed by atoms with Crippen molar-refractivity contribution in [2.75, 3.05) is 26.3 Å². The summed E-state index contributed by atoms with van der Waals surface area (Å²) in [6.45, 7) is 9.90. The number of morpholine rings is 1. The van der Waals surface area contributed by atoms with Crippen molar-refractivity contribution in [1.29, 1.82) is 0 Å². The number of fused-ring (bicyclic) bond motifs is 1. The number of nitrogens with one attached hydrogen (secondary N) is 2. The topological polar surface area (TPSA) is 114 Å². The Labute approximate surface area is 182 Å². The number of benzene rings is 1. The molecule has 0 saturated carbocycles. The van der Waals surface area contributed by atoms with Crippen LogP contribution >= 0.6 is 0 Å². The maximum Gasteiger partial charge on any atom is 0.318 e. The van der Waals surface area contributed by atoms with Gasteiger partial charge in [0.25, 0.3) is 5.89 Å². The maximum atomic E-state index is 13.0. The fraction of sp³-hybridized carbons (Fsp3) is 0.524. The van der Waals surface area contributed by atoms with Gasteiger partial charge < -0.3 is 24.7 Å². The van der Waals surface area contributed by atoms with E-state index in [4.69, 9.17) is 9.15 Å². The molecular formula is C21H30N4O5Si. The van der Waals surface area contributed by atoms with Crippen molar-refractivity contribution in [1.82, 2.24) is 20.5 Å². The van der Waals surface area contributed by atoms with E-state index in [-0.39, 0.29) is 17.8 Å². The van der Waals surface area contributed by atoms with Gasteiger partial charge >= 0.3 is 6.03 Å². The second-order valence-corrected chi connectivity index (χ2v) is 14.5. The van der Waals surface area contributed by atoms with Crippen molar-refractivity contribution < 1.29 is 23.5 Å². The Kier molecular flexibility index (Phi) is 7.11. The molecule has 0 radical (unpaired) electrons. The first-order chi connectivity index (χ1) is 14.6. The first kappa shape index (κ1) is 23.0. The van der Waals surface area contributed by atoms with Crippen LogP contribution in [0.2, 0.25) is 25.7 Å². The summed E-state index contributed by atoms with van der Waals surface area (Å²) in [4.78, 5) is 44.3. The minimum Gasteiger partial charge on any atom is -0.434 e. The molecule has 1 fully saturated rings. The molecule has 0 spiro atoms. The molecule has 1 aliphatic rings. The van der Waals surface area contributed by atoms with Crippen LogP contribution < -0.4 is 10.6 Å². The molecule has 168 valence electrons. The molecule has 3 rings (SSSR count). The molecule has 3 amide bonds. The zero-order valence-corrected chi connectivity index (χ0v) is 19.4. The summed E-state index contributed by atoms with van der Waals surface area (Å²) < 4.78 is 10.8. The lowest BCUT2D eigenvalue weighted by atomic mass is 10.2. The number of hydrogen-bond acceptors (Lipinski definition) is 6. The lowest BCUT2D eigenvalue weighted by Crippen LogP contribution is -2.56. The molecule has 31 heavy (non-hydrogen) atoms. The molecule has 1 saturated heterocycles. The fourth-order valence-electron chi connectivity index (χ4n) is 3.37. The molecule has 2 atom stereocenters. The molecule has 10 heteroatoms. The number of aromatic nitrogens is 1. The summed E-state index contributed by atoms with van der Waals surface area (Å²) in [5.41, 5.74) is 1.09. The van der Waals surface area contributed by atoms with Crippen LogP contribution in [0.4, 0.5) is 4.79 Å². The number of oxazole rings is 1. The van der Waals surface area contributed by atoms with Crippen LogP contribution in [0.3, 0.4) is 0 Å². The molecule has 1 aliphatic heterocycles. The summed E-state index contributed by atoms with van der Waals surface area (Å²) in [5.74, 6) is -0.857. The minimum atomic E-state index is -1.70. The zero-order chi connectivity index (χ0) is 22.6. The second-order valence-electron chi connectivity index (χ2n) is 8.95. The predicted molar refractivity (Wildman–Crippen MR) is 119 cm³/mol. The van der Waals surface area contributed by atoms with Crippen LogP contribution in [0.25, 0.3) is 11.1 Å². The molecule has 2 heterocycles.